The van der Waals surface area contributed by atoms with Gasteiger partial charge in [-0.2, -0.15) is 0 Å². The van der Waals surface area contributed by atoms with E-state index in [9.17, 15) is 24.6 Å². The number of benzene rings is 1. The van der Waals surface area contributed by atoms with Crippen molar-refractivity contribution in [3.05, 3.63) is 35.9 Å². The zero-order chi connectivity index (χ0) is 16.5. The average molecular weight is 308 g/mol. The van der Waals surface area contributed by atoms with Crippen molar-refractivity contribution in [2.24, 2.45) is 5.92 Å². The molecule has 0 aliphatic heterocycles. The molecule has 1 aromatic rings. The Kier molecular flexibility index (Phi) is 7.08. The highest BCUT2D eigenvalue weighted by molar-refractivity contribution is 5.94. The van der Waals surface area contributed by atoms with E-state index in [0.717, 1.165) is 6.42 Å². The van der Waals surface area contributed by atoms with Crippen LogP contribution < -0.4 is 0 Å². The van der Waals surface area contributed by atoms with E-state index in [1.807, 2.05) is 6.92 Å². The van der Waals surface area contributed by atoms with Crippen LogP contribution in [0, 0.1) is 5.92 Å². The van der Waals surface area contributed by atoms with Gasteiger partial charge in [-0.05, 0) is 18.4 Å². The third-order valence-electron chi connectivity index (χ3n) is 3.30. The monoisotopic (exact) mass is 308 g/mol. The number of unbranched alkanes of at least 4 members (excludes halogenated alkanes) is 1. The zero-order valence-electron chi connectivity index (χ0n) is 12.4. The minimum Gasteiger partial charge on any atom is -0.481 e. The minimum atomic E-state index is -1.49. The van der Waals surface area contributed by atoms with E-state index >= 15 is 0 Å². The molecule has 0 saturated heterocycles. The third-order valence-corrected chi connectivity index (χ3v) is 3.30. The molecule has 0 spiro atoms. The van der Waals surface area contributed by atoms with E-state index in [1.54, 1.807) is 30.3 Å². The van der Waals surface area contributed by atoms with E-state index < -0.39 is 29.7 Å². The molecule has 22 heavy (non-hydrogen) atoms. The molecule has 0 heterocycles. The van der Waals surface area contributed by atoms with E-state index in [2.05, 4.69) is 0 Å². The fourth-order valence-corrected chi connectivity index (χ4v) is 2.02. The second kappa shape index (κ2) is 8.81. The van der Waals surface area contributed by atoms with Crippen LogP contribution in [-0.4, -0.2) is 34.7 Å². The van der Waals surface area contributed by atoms with E-state index in [4.69, 9.17) is 4.74 Å². The summed E-state index contributed by atoms with van der Waals surface area (Å²) < 4.78 is 4.91. The number of esters is 1. The number of carbonyl (C=O) groups is 3. The molecule has 0 bridgehead atoms. The normalized spacial score (nSPS) is 13.1. The lowest BCUT2D eigenvalue weighted by atomic mass is 9.89. The first kappa shape index (κ1) is 17.7. The van der Waals surface area contributed by atoms with Gasteiger partial charge in [0.25, 0.3) is 0 Å². The van der Waals surface area contributed by atoms with Crippen molar-refractivity contribution in [1.29, 1.82) is 0 Å². The van der Waals surface area contributed by atoms with Crippen molar-refractivity contribution >= 4 is 17.9 Å². The number of hydrogen-bond donors (Lipinski definition) is 2. The van der Waals surface area contributed by atoms with Crippen molar-refractivity contribution in [1.82, 2.24) is 0 Å². The molecule has 2 atom stereocenters. The molecule has 0 fully saturated rings. The Bertz CT molecular complexity index is 511. The lowest BCUT2D eigenvalue weighted by Gasteiger charge is -2.17. The minimum absolute atomic E-state index is 0.141. The molecule has 1 rings (SSSR count). The smallest absolute Gasteiger partial charge is 0.320 e. The molecule has 2 N–H and O–H groups in total. The summed E-state index contributed by atoms with van der Waals surface area (Å²) >= 11 is 0. The molecule has 1 aromatic carbocycles. The number of carboxylic acid groups (broad SMARTS) is 2. The predicted octanol–water partition coefficient (Wildman–Crippen LogP) is 2.29. The summed E-state index contributed by atoms with van der Waals surface area (Å²) in [7, 11) is 0. The van der Waals surface area contributed by atoms with Crippen molar-refractivity contribution in [3.63, 3.8) is 0 Å². The number of rotatable bonds is 9. The first-order valence-corrected chi connectivity index (χ1v) is 7.14. The molecule has 120 valence electrons. The van der Waals surface area contributed by atoms with Gasteiger partial charge in [-0.15, -0.1) is 0 Å². The summed E-state index contributed by atoms with van der Waals surface area (Å²) in [4.78, 5) is 34.5. The van der Waals surface area contributed by atoms with Crippen LogP contribution in [0.4, 0.5) is 0 Å². The molecule has 0 aliphatic carbocycles. The third kappa shape index (κ3) is 5.20. The van der Waals surface area contributed by atoms with Crippen molar-refractivity contribution in [3.8, 4) is 0 Å². The average Bonchev–Trinajstić information content (AvgIpc) is 2.48. The standard InChI is InChI=1S/C16H20O6/c1-2-3-9-22-16(21)13(15(19)20)10-12(14(17)18)11-7-5-4-6-8-11/h4-8,12-13H,2-3,9-10H2,1H3,(H,17,18)(H,19,20). The maximum atomic E-state index is 11.9. The van der Waals surface area contributed by atoms with Gasteiger partial charge in [-0.1, -0.05) is 43.7 Å². The van der Waals surface area contributed by atoms with Gasteiger partial charge in [0, 0.05) is 0 Å². The Hall–Kier alpha value is -2.37. The van der Waals surface area contributed by atoms with Crippen LogP contribution in [0.25, 0.3) is 0 Å². The molecule has 0 radical (unpaired) electrons. The first-order valence-electron chi connectivity index (χ1n) is 7.14. The number of hydrogen-bond acceptors (Lipinski definition) is 4. The van der Waals surface area contributed by atoms with Crippen LogP contribution in [0.15, 0.2) is 30.3 Å². The molecule has 6 heteroatoms. The first-order chi connectivity index (χ1) is 10.5. The van der Waals surface area contributed by atoms with Crippen molar-refractivity contribution < 1.29 is 29.3 Å². The van der Waals surface area contributed by atoms with E-state index in [0.29, 0.717) is 12.0 Å². The summed E-state index contributed by atoms with van der Waals surface area (Å²) in [5, 5.41) is 18.5. The molecule has 0 saturated carbocycles. The summed E-state index contributed by atoms with van der Waals surface area (Å²) in [5.74, 6) is -5.98. The lowest BCUT2D eigenvalue weighted by molar-refractivity contribution is -0.159. The van der Waals surface area contributed by atoms with E-state index in [1.165, 1.54) is 0 Å². The maximum Gasteiger partial charge on any atom is 0.320 e. The highest BCUT2D eigenvalue weighted by atomic mass is 16.5. The quantitative estimate of drug-likeness (QED) is 0.412. The Morgan fingerprint density at radius 1 is 1.09 bits per heavy atom. The van der Waals surface area contributed by atoms with Crippen molar-refractivity contribution in [2.45, 2.75) is 32.1 Å². The molecular formula is C16H20O6. The fourth-order valence-electron chi connectivity index (χ4n) is 2.02. The van der Waals surface area contributed by atoms with Crippen LogP contribution in [0.3, 0.4) is 0 Å². The molecule has 6 nitrogen and oxygen atoms in total. The van der Waals surface area contributed by atoms with Crippen LogP contribution in [-0.2, 0) is 19.1 Å². The molecule has 0 aliphatic rings. The second-order valence-corrected chi connectivity index (χ2v) is 4.95. The van der Waals surface area contributed by atoms with Crippen LogP contribution in [0.2, 0.25) is 0 Å². The fraction of sp³-hybridized carbons (Fsp3) is 0.438. The number of aliphatic carboxylic acids is 2. The van der Waals surface area contributed by atoms with Gasteiger partial charge >= 0.3 is 17.9 Å². The Balaban J connectivity index is 2.85. The highest BCUT2D eigenvalue weighted by Crippen LogP contribution is 2.25. The summed E-state index contributed by atoms with van der Waals surface area (Å²) in [6.45, 7) is 2.06. The Morgan fingerprint density at radius 2 is 1.73 bits per heavy atom. The maximum absolute atomic E-state index is 11.9. The van der Waals surface area contributed by atoms with Gasteiger partial charge in [0.1, 0.15) is 0 Å². The molecule has 0 aromatic heterocycles. The summed E-state index contributed by atoms with van der Waals surface area (Å²) in [5.41, 5.74) is 0.461. The van der Waals surface area contributed by atoms with Crippen LogP contribution in [0.5, 0.6) is 0 Å². The summed E-state index contributed by atoms with van der Waals surface area (Å²) in [6.07, 6.45) is 1.12. The lowest BCUT2D eigenvalue weighted by Crippen LogP contribution is -2.30. The Labute approximate surface area is 128 Å². The van der Waals surface area contributed by atoms with Gasteiger partial charge in [-0.3, -0.25) is 14.4 Å². The Morgan fingerprint density at radius 3 is 2.23 bits per heavy atom. The van der Waals surface area contributed by atoms with E-state index in [-0.39, 0.29) is 13.0 Å². The number of carbonyl (C=O) groups excluding carboxylic acids is 1. The van der Waals surface area contributed by atoms with Crippen LogP contribution >= 0.6 is 0 Å². The second-order valence-electron chi connectivity index (χ2n) is 4.95. The van der Waals surface area contributed by atoms with Crippen LogP contribution in [0.1, 0.15) is 37.7 Å². The predicted molar refractivity (Wildman–Crippen MR) is 78.4 cm³/mol. The topological polar surface area (TPSA) is 101 Å². The molecule has 2 unspecified atom stereocenters. The highest BCUT2D eigenvalue weighted by Gasteiger charge is 2.34. The largest absolute Gasteiger partial charge is 0.481 e. The van der Waals surface area contributed by atoms with Crippen molar-refractivity contribution in [2.75, 3.05) is 6.61 Å². The molecule has 0 amide bonds. The van der Waals surface area contributed by atoms with Gasteiger partial charge in [0.05, 0.1) is 12.5 Å². The number of ether oxygens (including phenoxy) is 1. The van der Waals surface area contributed by atoms with Gasteiger partial charge < -0.3 is 14.9 Å². The number of carboxylic acids is 2. The summed E-state index contributed by atoms with van der Waals surface area (Å²) in [6, 6.07) is 8.26. The SMILES string of the molecule is CCCCOC(=O)C(CC(C(=O)O)c1ccccc1)C(=O)O. The van der Waals surface area contributed by atoms with Gasteiger partial charge in [0.2, 0.25) is 0 Å². The zero-order valence-corrected chi connectivity index (χ0v) is 12.4. The van der Waals surface area contributed by atoms with Gasteiger partial charge in [0.15, 0.2) is 5.92 Å². The molecular weight excluding hydrogens is 288 g/mol. The van der Waals surface area contributed by atoms with Gasteiger partial charge in [-0.25, -0.2) is 0 Å².